The first-order chi connectivity index (χ1) is 20.1. The smallest absolute Gasteiger partial charge is 0.340 e. The Morgan fingerprint density at radius 3 is 2.07 bits per heavy atom. The molecule has 0 radical (unpaired) electrons. The Morgan fingerprint density at radius 1 is 0.634 bits per heavy atom. The fourth-order valence-electron chi connectivity index (χ4n) is 6.07. The highest BCUT2D eigenvalue weighted by Crippen LogP contribution is 2.57. The van der Waals surface area contributed by atoms with Gasteiger partial charge in [0.2, 0.25) is 0 Å². The molecule has 0 fully saturated rings. The lowest BCUT2D eigenvalue weighted by Gasteiger charge is -2.38. The predicted octanol–water partition coefficient (Wildman–Crippen LogP) is 8.57. The fourth-order valence-corrected chi connectivity index (χ4v) is 6.07. The predicted molar refractivity (Wildman–Crippen MR) is 163 cm³/mol. The molecule has 5 heteroatoms. The molecule has 1 unspecified atom stereocenters. The van der Waals surface area contributed by atoms with Crippen LogP contribution in [0.2, 0.25) is 0 Å². The molecule has 5 nitrogen and oxygen atoms in total. The van der Waals surface area contributed by atoms with Gasteiger partial charge in [0, 0.05) is 59.1 Å². The minimum atomic E-state index is -1.12. The number of rotatable bonds is 6. The van der Waals surface area contributed by atoms with Crippen molar-refractivity contribution < 1.29 is 14.3 Å². The summed E-state index contributed by atoms with van der Waals surface area (Å²) in [4.78, 5) is 17.8. The van der Waals surface area contributed by atoms with E-state index in [1.54, 1.807) is 0 Å². The molecule has 0 saturated heterocycles. The average Bonchev–Trinajstić information content (AvgIpc) is 3.32. The lowest BCUT2D eigenvalue weighted by molar-refractivity contribution is 0.0224. The van der Waals surface area contributed by atoms with Crippen LogP contribution in [0.3, 0.4) is 0 Å². The summed E-state index contributed by atoms with van der Waals surface area (Å²) in [7, 11) is 2.03. The number of fused-ring (bicyclic) bond motifs is 6. The minimum Gasteiger partial charge on any atom is -0.456 e. The van der Waals surface area contributed by atoms with E-state index in [0.29, 0.717) is 17.1 Å². The lowest BCUT2D eigenvalue weighted by Crippen LogP contribution is -2.33. The van der Waals surface area contributed by atoms with Gasteiger partial charge >= 0.3 is 5.97 Å². The van der Waals surface area contributed by atoms with Gasteiger partial charge in [-0.25, -0.2) is 4.79 Å². The Labute approximate surface area is 240 Å². The van der Waals surface area contributed by atoms with Crippen molar-refractivity contribution in [1.82, 2.24) is 0 Å². The molecule has 202 valence electrons. The molecule has 5 aromatic carbocycles. The standard InChI is InChI=1S/C36H30N2O3/c1-3-22-38(26-14-8-5-9-15-26)28-19-21-33-32(23-28)36(30-17-11-10-16-29(30)35(39)41-36)31-20-18-27(24-34(31)40-33)37(2)25-12-6-4-7-13-25/h4-21,23-24H,3,22H2,1-2H3. The largest absolute Gasteiger partial charge is 0.456 e. The summed E-state index contributed by atoms with van der Waals surface area (Å²) < 4.78 is 13.1. The van der Waals surface area contributed by atoms with E-state index in [9.17, 15) is 4.79 Å². The van der Waals surface area contributed by atoms with Crippen LogP contribution in [0.15, 0.2) is 121 Å². The van der Waals surface area contributed by atoms with Crippen LogP contribution >= 0.6 is 0 Å². The number of benzene rings is 5. The monoisotopic (exact) mass is 538 g/mol. The number of carbonyl (C=O) groups excluding carboxylic acids is 1. The molecule has 2 aliphatic rings. The summed E-state index contributed by atoms with van der Waals surface area (Å²) in [6, 6.07) is 40.6. The topological polar surface area (TPSA) is 42.0 Å². The Morgan fingerprint density at radius 2 is 1.32 bits per heavy atom. The van der Waals surface area contributed by atoms with E-state index >= 15 is 0 Å². The third-order valence-electron chi connectivity index (χ3n) is 8.04. The Hall–Kier alpha value is -5.03. The number of carbonyl (C=O) groups is 1. The van der Waals surface area contributed by atoms with Crippen LogP contribution in [0.1, 0.15) is 40.4 Å². The lowest BCUT2D eigenvalue weighted by atomic mass is 9.77. The normalized spacial score (nSPS) is 16.3. The molecular formula is C36H30N2O3. The van der Waals surface area contributed by atoms with Crippen molar-refractivity contribution in [2.24, 2.45) is 0 Å². The Bertz CT molecular complexity index is 1750. The van der Waals surface area contributed by atoms with Crippen LogP contribution in [0.4, 0.5) is 22.7 Å². The SMILES string of the molecule is CCCN(c1ccccc1)c1ccc2c(c1)C1(OC(=O)c3ccccc31)c1ccc(N(C)c3ccccc3)cc1O2. The maximum absolute atomic E-state index is 13.4. The minimum absolute atomic E-state index is 0.330. The van der Waals surface area contributed by atoms with Gasteiger partial charge in [0.05, 0.1) is 5.56 Å². The molecule has 2 heterocycles. The first kappa shape index (κ1) is 25.0. The third-order valence-corrected chi connectivity index (χ3v) is 8.04. The third kappa shape index (κ3) is 3.96. The maximum Gasteiger partial charge on any atom is 0.340 e. The van der Waals surface area contributed by atoms with E-state index in [-0.39, 0.29) is 5.97 Å². The van der Waals surface area contributed by atoms with Gasteiger partial charge in [0.25, 0.3) is 0 Å². The quantitative estimate of drug-likeness (QED) is 0.203. The molecule has 0 saturated carbocycles. The molecule has 1 spiro atoms. The van der Waals surface area contributed by atoms with Crippen molar-refractivity contribution in [2.75, 3.05) is 23.4 Å². The van der Waals surface area contributed by atoms with Crippen LogP contribution in [0, 0.1) is 0 Å². The zero-order valence-electron chi connectivity index (χ0n) is 23.1. The number of anilines is 4. The van der Waals surface area contributed by atoms with Crippen molar-refractivity contribution >= 4 is 28.7 Å². The summed E-state index contributed by atoms with van der Waals surface area (Å²) in [5.74, 6) is 1.02. The summed E-state index contributed by atoms with van der Waals surface area (Å²) in [6.45, 7) is 3.02. The number of esters is 1. The van der Waals surface area contributed by atoms with Gasteiger partial charge in [0.15, 0.2) is 5.60 Å². The summed E-state index contributed by atoms with van der Waals surface area (Å²) in [5.41, 5.74) is 6.09. The van der Waals surface area contributed by atoms with Gasteiger partial charge in [-0.05, 0) is 67.1 Å². The van der Waals surface area contributed by atoms with E-state index < -0.39 is 5.60 Å². The first-order valence-corrected chi connectivity index (χ1v) is 14.0. The second kappa shape index (κ2) is 9.86. The molecule has 0 aliphatic carbocycles. The van der Waals surface area contributed by atoms with Crippen LogP contribution in [0.5, 0.6) is 11.5 Å². The molecule has 41 heavy (non-hydrogen) atoms. The zero-order chi connectivity index (χ0) is 28.0. The van der Waals surface area contributed by atoms with E-state index in [4.69, 9.17) is 9.47 Å². The second-order valence-corrected chi connectivity index (χ2v) is 10.5. The number of para-hydroxylation sites is 2. The highest BCUT2D eigenvalue weighted by atomic mass is 16.6. The van der Waals surface area contributed by atoms with Gasteiger partial charge < -0.3 is 19.3 Å². The fraction of sp³-hybridized carbons (Fsp3) is 0.139. The van der Waals surface area contributed by atoms with E-state index in [2.05, 4.69) is 71.3 Å². The Kier molecular flexibility index (Phi) is 6.01. The second-order valence-electron chi connectivity index (χ2n) is 10.5. The molecule has 0 bridgehead atoms. The number of hydrogen-bond acceptors (Lipinski definition) is 5. The van der Waals surface area contributed by atoms with Gasteiger partial charge in [0.1, 0.15) is 11.5 Å². The van der Waals surface area contributed by atoms with E-state index in [0.717, 1.165) is 52.4 Å². The van der Waals surface area contributed by atoms with Crippen molar-refractivity contribution in [3.8, 4) is 11.5 Å². The summed E-state index contributed by atoms with van der Waals surface area (Å²) in [6.07, 6.45) is 0.978. The van der Waals surface area contributed by atoms with E-state index in [1.807, 2.05) is 73.8 Å². The molecular weight excluding hydrogens is 508 g/mol. The van der Waals surface area contributed by atoms with Gasteiger partial charge in [-0.3, -0.25) is 0 Å². The highest BCUT2D eigenvalue weighted by molar-refractivity contribution is 5.97. The molecule has 0 N–H and O–H groups in total. The number of nitrogens with zero attached hydrogens (tertiary/aromatic N) is 2. The zero-order valence-corrected chi connectivity index (χ0v) is 23.1. The van der Waals surface area contributed by atoms with Gasteiger partial charge in [-0.2, -0.15) is 0 Å². The van der Waals surface area contributed by atoms with Gasteiger partial charge in [-0.1, -0.05) is 61.5 Å². The summed E-state index contributed by atoms with van der Waals surface area (Å²) >= 11 is 0. The average molecular weight is 539 g/mol. The van der Waals surface area contributed by atoms with Crippen molar-refractivity contribution in [1.29, 1.82) is 0 Å². The number of hydrogen-bond donors (Lipinski definition) is 0. The number of ether oxygens (including phenoxy) is 2. The van der Waals surface area contributed by atoms with Gasteiger partial charge in [-0.15, -0.1) is 0 Å². The van der Waals surface area contributed by atoms with Crippen molar-refractivity contribution in [2.45, 2.75) is 18.9 Å². The maximum atomic E-state index is 13.4. The molecule has 0 aromatic heterocycles. The highest BCUT2D eigenvalue weighted by Gasteiger charge is 2.53. The Balaban J connectivity index is 1.42. The molecule has 5 aromatic rings. The molecule has 1 atom stereocenters. The van der Waals surface area contributed by atoms with Crippen LogP contribution in [-0.2, 0) is 10.3 Å². The van der Waals surface area contributed by atoms with Crippen LogP contribution in [-0.4, -0.2) is 19.6 Å². The molecule has 2 aliphatic heterocycles. The van der Waals surface area contributed by atoms with Crippen LogP contribution < -0.4 is 14.5 Å². The van der Waals surface area contributed by atoms with Crippen molar-refractivity contribution in [3.05, 3.63) is 144 Å². The van der Waals surface area contributed by atoms with Crippen LogP contribution in [0.25, 0.3) is 0 Å². The van der Waals surface area contributed by atoms with Crippen molar-refractivity contribution in [3.63, 3.8) is 0 Å². The molecule has 0 amide bonds. The molecule has 7 rings (SSSR count). The summed E-state index contributed by atoms with van der Waals surface area (Å²) in [5, 5.41) is 0. The first-order valence-electron chi connectivity index (χ1n) is 14.0. The van der Waals surface area contributed by atoms with E-state index in [1.165, 1.54) is 0 Å².